The molecule has 3 rings (SSSR count). The molecule has 0 saturated carbocycles. The lowest BCUT2D eigenvalue weighted by molar-refractivity contribution is -0.219. The van der Waals surface area contributed by atoms with Crippen molar-refractivity contribution in [1.82, 2.24) is 4.90 Å². The lowest BCUT2D eigenvalue weighted by Crippen LogP contribution is -2.65. The zero-order chi connectivity index (χ0) is 20.1. The first-order valence-corrected chi connectivity index (χ1v) is 10.3. The van der Waals surface area contributed by atoms with Crippen molar-refractivity contribution in [3.8, 4) is 0 Å². The van der Waals surface area contributed by atoms with Gasteiger partial charge >= 0.3 is 5.97 Å². The van der Waals surface area contributed by atoms with Crippen LogP contribution in [0.25, 0.3) is 0 Å². The van der Waals surface area contributed by atoms with Gasteiger partial charge < -0.3 is 15.1 Å². The van der Waals surface area contributed by atoms with Crippen LogP contribution in [0, 0.1) is 0 Å². The van der Waals surface area contributed by atoms with Gasteiger partial charge in [-0.3, -0.25) is 14.3 Å². The fourth-order valence-corrected chi connectivity index (χ4v) is 5.81. The molecule has 0 spiro atoms. The molecule has 0 radical (unpaired) electrons. The maximum absolute atomic E-state index is 12.5. The van der Waals surface area contributed by atoms with Crippen LogP contribution in [-0.4, -0.2) is 63.0 Å². The van der Waals surface area contributed by atoms with Crippen LogP contribution in [-0.2, 0) is 19.7 Å². The third kappa shape index (κ3) is 3.30. The Kier molecular flexibility index (Phi) is 4.73. The smallest absolute Gasteiger partial charge is 0.327 e. The molecule has 11 heteroatoms. The third-order valence-corrected chi connectivity index (χ3v) is 7.16. The monoisotopic (exact) mass is 413 g/mol. The SMILES string of the molecule is CC1(C)S[C@@H]2[C@H](N=C([O-])C(c3ccccc3)S(=O)(=O)O)C(=O)N2[C@H]1C(=O)O. The van der Waals surface area contributed by atoms with Gasteiger partial charge in [-0.05, 0) is 25.3 Å². The summed E-state index contributed by atoms with van der Waals surface area (Å²) in [5.74, 6) is -2.98. The summed E-state index contributed by atoms with van der Waals surface area (Å²) < 4.78 is 32.1. The maximum Gasteiger partial charge on any atom is 0.327 e. The van der Waals surface area contributed by atoms with Crippen LogP contribution < -0.4 is 5.11 Å². The summed E-state index contributed by atoms with van der Waals surface area (Å²) in [6, 6.07) is 5.09. The molecule has 27 heavy (non-hydrogen) atoms. The average molecular weight is 413 g/mol. The van der Waals surface area contributed by atoms with Gasteiger partial charge in [0.05, 0.1) is 0 Å². The van der Waals surface area contributed by atoms with Crippen LogP contribution in [0.2, 0.25) is 0 Å². The van der Waals surface area contributed by atoms with Crippen LogP contribution in [0.3, 0.4) is 0 Å². The summed E-state index contributed by atoms with van der Waals surface area (Å²) in [4.78, 5) is 28.7. The molecule has 0 aromatic heterocycles. The molecule has 1 unspecified atom stereocenters. The molecule has 2 saturated heterocycles. The zero-order valence-corrected chi connectivity index (χ0v) is 16.0. The van der Waals surface area contributed by atoms with E-state index in [1.807, 2.05) is 0 Å². The van der Waals surface area contributed by atoms with Crippen LogP contribution >= 0.6 is 11.8 Å². The van der Waals surface area contributed by atoms with E-state index in [1.165, 1.54) is 36.0 Å². The van der Waals surface area contributed by atoms with E-state index >= 15 is 0 Å². The minimum absolute atomic E-state index is 0.0280. The number of carbonyl (C=O) groups excluding carboxylic acids is 1. The summed E-state index contributed by atoms with van der Waals surface area (Å²) in [5.41, 5.74) is 0.0280. The number of fused-ring (bicyclic) bond motifs is 1. The Hall–Kier alpha value is -2.11. The normalized spacial score (nSPS) is 28.4. The number of hydrogen-bond donors (Lipinski definition) is 2. The van der Waals surface area contributed by atoms with Crippen molar-refractivity contribution in [3.63, 3.8) is 0 Å². The first-order valence-electron chi connectivity index (χ1n) is 7.94. The summed E-state index contributed by atoms with van der Waals surface area (Å²) in [6.07, 6.45) is 0. The van der Waals surface area contributed by atoms with Crippen molar-refractivity contribution in [2.45, 2.75) is 41.3 Å². The highest BCUT2D eigenvalue weighted by molar-refractivity contribution is 8.01. The molecule has 2 aliphatic heterocycles. The predicted molar refractivity (Wildman–Crippen MR) is 95.7 cm³/mol. The average Bonchev–Trinajstić information content (AvgIpc) is 2.81. The summed E-state index contributed by atoms with van der Waals surface area (Å²) in [7, 11) is -4.80. The molecule has 1 aromatic rings. The minimum atomic E-state index is -4.80. The molecule has 0 aliphatic carbocycles. The second-order valence-corrected chi connectivity index (χ2v) is 10.1. The molecular formula is C16H17N2O7S2-. The lowest BCUT2D eigenvalue weighted by atomic mass is 9.96. The van der Waals surface area contributed by atoms with Crippen LogP contribution in [0.5, 0.6) is 0 Å². The van der Waals surface area contributed by atoms with Crippen molar-refractivity contribution in [3.05, 3.63) is 35.9 Å². The number of hydrogen-bond acceptors (Lipinski definition) is 7. The van der Waals surface area contributed by atoms with Gasteiger partial charge in [0.2, 0.25) is 0 Å². The fraction of sp³-hybridized carbons (Fsp3) is 0.438. The second kappa shape index (κ2) is 6.50. The summed E-state index contributed by atoms with van der Waals surface area (Å²) >= 11 is 1.19. The van der Waals surface area contributed by atoms with E-state index in [2.05, 4.69) is 4.99 Å². The number of benzene rings is 1. The Morgan fingerprint density at radius 3 is 2.44 bits per heavy atom. The minimum Gasteiger partial charge on any atom is -0.861 e. The Morgan fingerprint density at radius 1 is 1.33 bits per heavy atom. The van der Waals surface area contributed by atoms with E-state index in [4.69, 9.17) is 0 Å². The molecule has 1 amide bonds. The van der Waals surface area contributed by atoms with Crippen molar-refractivity contribution >= 4 is 39.7 Å². The molecule has 4 atom stereocenters. The molecule has 146 valence electrons. The molecule has 0 bridgehead atoms. The van der Waals surface area contributed by atoms with Crippen molar-refractivity contribution in [2.24, 2.45) is 4.99 Å². The maximum atomic E-state index is 12.5. The number of aliphatic carboxylic acids is 1. The third-order valence-electron chi connectivity index (χ3n) is 4.54. The summed E-state index contributed by atoms with van der Waals surface area (Å²) in [6.45, 7) is 3.35. The van der Waals surface area contributed by atoms with Crippen molar-refractivity contribution < 1.29 is 32.8 Å². The van der Waals surface area contributed by atoms with Crippen molar-refractivity contribution in [2.75, 3.05) is 0 Å². The number of carboxylic acid groups (broad SMARTS) is 1. The highest BCUT2D eigenvalue weighted by Gasteiger charge is 2.64. The standard InChI is InChI=1S/C16H18N2O7S2/c1-16(2)11(15(21)22)18-13(20)9(14(18)26-16)17-12(19)10(27(23,24)25)8-6-4-3-5-7-8/h3-7,9-11,14H,1-2H3,(H,17,19)(H,21,22)(H,23,24,25)/p-1/t9-,10?,11+,14-/m1/s1. The molecule has 2 fully saturated rings. The predicted octanol–water partition coefficient (Wildman–Crippen LogP) is -0.110. The van der Waals surface area contributed by atoms with Gasteiger partial charge in [-0.1, -0.05) is 30.3 Å². The molecule has 9 nitrogen and oxygen atoms in total. The van der Waals surface area contributed by atoms with Gasteiger partial charge in [-0.2, -0.15) is 8.42 Å². The summed E-state index contributed by atoms with van der Waals surface area (Å²) in [5, 5.41) is 19.3. The molecule has 2 N–H and O–H groups in total. The number of thioether (sulfide) groups is 1. The quantitative estimate of drug-likeness (QED) is 0.294. The van der Waals surface area contributed by atoms with Gasteiger partial charge in [-0.15, -0.1) is 11.8 Å². The fourth-order valence-electron chi connectivity index (χ4n) is 3.39. The van der Waals surface area contributed by atoms with Crippen LogP contribution in [0.1, 0.15) is 24.7 Å². The van der Waals surface area contributed by atoms with Crippen LogP contribution in [0.4, 0.5) is 0 Å². The van der Waals surface area contributed by atoms with E-state index in [0.717, 1.165) is 4.90 Å². The van der Waals surface area contributed by atoms with Gasteiger partial charge in [0.1, 0.15) is 16.7 Å². The number of amides is 1. The van der Waals surface area contributed by atoms with Gasteiger partial charge in [0.25, 0.3) is 16.0 Å². The number of β-lactam (4-membered cyclic amide) rings is 1. The Morgan fingerprint density at radius 2 is 1.93 bits per heavy atom. The van der Waals surface area contributed by atoms with E-state index < -0.39 is 55.3 Å². The van der Waals surface area contributed by atoms with Crippen LogP contribution in [0.15, 0.2) is 35.3 Å². The number of rotatable bonds is 5. The Labute approximate surface area is 159 Å². The van der Waals surface area contributed by atoms with Gasteiger partial charge in [0, 0.05) is 4.75 Å². The largest absolute Gasteiger partial charge is 0.861 e. The Balaban J connectivity index is 1.93. The van der Waals surface area contributed by atoms with E-state index in [1.54, 1.807) is 19.9 Å². The van der Waals surface area contributed by atoms with Gasteiger partial charge in [0.15, 0.2) is 6.04 Å². The number of carbonyl (C=O) groups is 2. The second-order valence-electron chi connectivity index (χ2n) is 6.82. The van der Waals surface area contributed by atoms with Crippen molar-refractivity contribution in [1.29, 1.82) is 0 Å². The first-order chi connectivity index (χ1) is 12.4. The van der Waals surface area contributed by atoms with E-state index in [-0.39, 0.29) is 5.56 Å². The zero-order valence-electron chi connectivity index (χ0n) is 14.3. The topological polar surface area (TPSA) is 147 Å². The highest BCUT2D eigenvalue weighted by atomic mass is 32.2. The number of aliphatic imine (C=N–C) groups is 1. The Bertz CT molecular complexity index is 914. The van der Waals surface area contributed by atoms with E-state index in [9.17, 15) is 32.8 Å². The molecule has 2 aliphatic rings. The first kappa shape index (κ1) is 19.6. The number of carboxylic acids is 1. The number of nitrogens with zero attached hydrogens (tertiary/aromatic N) is 2. The van der Waals surface area contributed by atoms with E-state index in [0.29, 0.717) is 0 Å². The van der Waals surface area contributed by atoms with Gasteiger partial charge in [-0.25, -0.2) is 4.79 Å². The highest BCUT2D eigenvalue weighted by Crippen LogP contribution is 2.51. The molecular weight excluding hydrogens is 396 g/mol. The molecule has 1 aromatic carbocycles. The lowest BCUT2D eigenvalue weighted by Gasteiger charge is -2.42. The molecule has 2 heterocycles.